The molecule has 0 aliphatic heterocycles. The van der Waals surface area contributed by atoms with Crippen molar-refractivity contribution >= 4 is 8.25 Å². The minimum absolute atomic E-state index is 0. The van der Waals surface area contributed by atoms with Crippen molar-refractivity contribution in [3.8, 4) is 0 Å². The topological polar surface area (TPSA) is 95.8 Å². The zero-order chi connectivity index (χ0) is 7.15. The lowest BCUT2D eigenvalue weighted by molar-refractivity contribution is 0.405. The molecule has 0 fully saturated rings. The van der Waals surface area contributed by atoms with Gasteiger partial charge in [-0.15, -0.1) is 9.79 Å². The van der Waals surface area contributed by atoms with E-state index in [4.69, 9.17) is 14.4 Å². The highest BCUT2D eigenvalue weighted by Crippen LogP contribution is 1.98. The number of nitrogens with zero attached hydrogens (tertiary/aromatic N) is 1. The van der Waals surface area contributed by atoms with Gasteiger partial charge in [-0.05, 0) is 21.1 Å². The van der Waals surface area contributed by atoms with Gasteiger partial charge in [0.1, 0.15) is 0 Å². The summed E-state index contributed by atoms with van der Waals surface area (Å²) in [4.78, 5) is 16.2. The van der Waals surface area contributed by atoms with Crippen molar-refractivity contribution in [1.29, 1.82) is 0 Å². The third-order valence-electron chi connectivity index (χ3n) is 0. The molecule has 0 atom stereocenters. The molecule has 0 aliphatic rings. The molecule has 9 heavy (non-hydrogen) atoms. The van der Waals surface area contributed by atoms with E-state index >= 15 is 0 Å². The first-order valence-corrected chi connectivity index (χ1v) is 3.09. The van der Waals surface area contributed by atoms with Crippen molar-refractivity contribution in [2.75, 3.05) is 21.1 Å². The summed E-state index contributed by atoms with van der Waals surface area (Å²) < 4.78 is 8.70. The molecule has 5 nitrogen and oxygen atoms in total. The lowest BCUT2D eigenvalue weighted by atomic mass is 11.0. The second kappa shape index (κ2) is 10.8. The smallest absolute Gasteiger partial charge is 0.344 e. The zero-order valence-corrected chi connectivity index (χ0v) is 6.80. The number of rotatable bonds is 0. The van der Waals surface area contributed by atoms with E-state index in [1.165, 1.54) is 0 Å². The maximum absolute atomic E-state index is 8.70. The van der Waals surface area contributed by atoms with Crippen LogP contribution in [0.15, 0.2) is 0 Å². The molecule has 0 saturated carbocycles. The van der Waals surface area contributed by atoms with E-state index in [2.05, 4.69) is 0 Å². The second-order valence-corrected chi connectivity index (χ2v) is 2.10. The van der Waals surface area contributed by atoms with E-state index in [1.807, 2.05) is 26.0 Å². The van der Waals surface area contributed by atoms with Crippen molar-refractivity contribution in [2.24, 2.45) is 0 Å². The number of hydrogen-bond donors (Lipinski definition) is 3. The Morgan fingerprint density at radius 1 is 1.22 bits per heavy atom. The highest BCUT2D eigenvalue weighted by molar-refractivity contribution is 7.30. The van der Waals surface area contributed by atoms with Crippen molar-refractivity contribution in [3.63, 3.8) is 0 Å². The van der Waals surface area contributed by atoms with Gasteiger partial charge in [0.15, 0.2) is 0 Å². The molecule has 0 aliphatic carbocycles. The molecule has 0 amide bonds. The van der Waals surface area contributed by atoms with E-state index in [9.17, 15) is 0 Å². The molecule has 0 aromatic heterocycles. The van der Waals surface area contributed by atoms with Crippen molar-refractivity contribution in [1.82, 2.24) is 11.1 Å². The predicted molar refractivity (Wildman–Crippen MR) is 36.7 cm³/mol. The monoisotopic (exact) mass is 157 g/mol. The van der Waals surface area contributed by atoms with E-state index in [1.54, 1.807) is 0 Å². The molecule has 0 aromatic carbocycles. The van der Waals surface area contributed by atoms with Gasteiger partial charge in [-0.25, -0.2) is 0 Å². The Labute approximate surface area is 55.8 Å². The van der Waals surface area contributed by atoms with Gasteiger partial charge in [-0.3, -0.25) is 0 Å². The van der Waals surface area contributed by atoms with E-state index in [-0.39, 0.29) is 6.15 Å². The summed E-state index contributed by atoms with van der Waals surface area (Å²) in [6.45, 7) is 0. The van der Waals surface area contributed by atoms with Crippen LogP contribution in [0.2, 0.25) is 0 Å². The first-order chi connectivity index (χ1) is 3.46. The SMILES string of the molecule is CN(C)C.N.O=[P+](O)O. The molecular weight excluding hydrogens is 143 g/mol. The molecule has 0 bridgehead atoms. The summed E-state index contributed by atoms with van der Waals surface area (Å²) >= 11 is 0. The standard InChI is InChI=1S/C3H9N.H3N.HO3P/c1-4(2)3;;1-4(2)3/h1-3H3;1H3;(H-,1,2,3)/p+1. The average molecular weight is 157 g/mol. The van der Waals surface area contributed by atoms with Crippen LogP contribution in [0.25, 0.3) is 0 Å². The van der Waals surface area contributed by atoms with Crippen molar-refractivity contribution in [3.05, 3.63) is 0 Å². The molecule has 0 spiro atoms. The van der Waals surface area contributed by atoms with E-state index in [0.29, 0.717) is 0 Å². The largest absolute Gasteiger partial charge is 0.692 e. The van der Waals surface area contributed by atoms with Crippen LogP contribution < -0.4 is 6.15 Å². The van der Waals surface area contributed by atoms with Crippen LogP contribution >= 0.6 is 8.25 Å². The van der Waals surface area contributed by atoms with Crippen LogP contribution in [0.3, 0.4) is 0 Å². The minimum Gasteiger partial charge on any atom is -0.344 e. The normalized spacial score (nSPS) is 6.89. The third-order valence-corrected chi connectivity index (χ3v) is 0. The van der Waals surface area contributed by atoms with Gasteiger partial charge < -0.3 is 11.1 Å². The molecule has 0 aromatic rings. The first-order valence-electron chi connectivity index (χ1n) is 1.92. The number of hydrogen-bond acceptors (Lipinski definition) is 3. The molecule has 5 N–H and O–H groups in total. The molecule has 0 heterocycles. The van der Waals surface area contributed by atoms with Gasteiger partial charge >= 0.3 is 8.25 Å². The molecule has 0 unspecified atom stereocenters. The Bertz CT molecular complexity index is 61.3. The van der Waals surface area contributed by atoms with Gasteiger partial charge in [0.2, 0.25) is 0 Å². The van der Waals surface area contributed by atoms with Crippen LogP contribution in [0.5, 0.6) is 0 Å². The van der Waals surface area contributed by atoms with Gasteiger partial charge in [0, 0.05) is 4.57 Å². The second-order valence-electron chi connectivity index (χ2n) is 1.59. The minimum atomic E-state index is -2.87. The Balaban J connectivity index is -0.0000000720. The average Bonchev–Trinajstić information content (AvgIpc) is 1.25. The highest BCUT2D eigenvalue weighted by atomic mass is 31.1. The molecular formula is C3H14N2O3P+. The summed E-state index contributed by atoms with van der Waals surface area (Å²) in [7, 11) is 3.13. The van der Waals surface area contributed by atoms with Crippen LogP contribution in [0.1, 0.15) is 0 Å². The lowest BCUT2D eigenvalue weighted by Crippen LogP contribution is -1.99. The fourth-order valence-corrected chi connectivity index (χ4v) is 0. The first kappa shape index (κ1) is 16.0. The molecule has 6 heteroatoms. The molecule has 58 valence electrons. The Kier molecular flexibility index (Phi) is 19.2. The van der Waals surface area contributed by atoms with Gasteiger partial charge in [-0.1, -0.05) is 0 Å². The Morgan fingerprint density at radius 3 is 1.22 bits per heavy atom. The van der Waals surface area contributed by atoms with E-state index < -0.39 is 8.25 Å². The van der Waals surface area contributed by atoms with Crippen LogP contribution in [-0.2, 0) is 4.57 Å². The maximum Gasteiger partial charge on any atom is 0.692 e. The van der Waals surface area contributed by atoms with Crippen molar-refractivity contribution < 1.29 is 14.4 Å². The van der Waals surface area contributed by atoms with Gasteiger partial charge in [0.05, 0.1) is 0 Å². The molecule has 0 saturated heterocycles. The van der Waals surface area contributed by atoms with Gasteiger partial charge in [-0.2, -0.15) is 0 Å². The van der Waals surface area contributed by atoms with Crippen LogP contribution in [-0.4, -0.2) is 35.8 Å². The fourth-order valence-electron chi connectivity index (χ4n) is 0. The van der Waals surface area contributed by atoms with Gasteiger partial charge in [0.25, 0.3) is 0 Å². The fraction of sp³-hybridized carbons (Fsp3) is 1.00. The highest BCUT2D eigenvalue weighted by Gasteiger charge is 1.93. The van der Waals surface area contributed by atoms with Crippen LogP contribution in [0, 0.1) is 0 Å². The van der Waals surface area contributed by atoms with Crippen LogP contribution in [0.4, 0.5) is 0 Å². The summed E-state index contributed by atoms with van der Waals surface area (Å²) in [5.74, 6) is 0. The lowest BCUT2D eigenvalue weighted by Gasteiger charge is -1.90. The molecule has 0 radical (unpaired) electrons. The van der Waals surface area contributed by atoms with Crippen molar-refractivity contribution in [2.45, 2.75) is 0 Å². The summed E-state index contributed by atoms with van der Waals surface area (Å²) in [5.41, 5.74) is 0. The molecule has 0 rings (SSSR count). The Hall–Kier alpha value is -0.0600. The summed E-state index contributed by atoms with van der Waals surface area (Å²) in [5, 5.41) is 0. The zero-order valence-electron chi connectivity index (χ0n) is 5.90. The summed E-state index contributed by atoms with van der Waals surface area (Å²) in [6.07, 6.45) is 0. The Morgan fingerprint density at radius 2 is 1.22 bits per heavy atom. The predicted octanol–water partition coefficient (Wildman–Crippen LogP) is -0.0318. The third kappa shape index (κ3) is 77800. The maximum atomic E-state index is 8.70. The summed E-state index contributed by atoms with van der Waals surface area (Å²) in [6, 6.07) is 0. The van der Waals surface area contributed by atoms with E-state index in [0.717, 1.165) is 0 Å². The quantitative estimate of drug-likeness (QED) is 0.429.